The third-order valence-corrected chi connectivity index (χ3v) is 9.32. The van der Waals surface area contributed by atoms with E-state index in [9.17, 15) is 8.42 Å². The molecule has 0 aliphatic heterocycles. The van der Waals surface area contributed by atoms with Gasteiger partial charge in [-0.15, -0.1) is 0 Å². The van der Waals surface area contributed by atoms with Crippen LogP contribution in [-0.4, -0.2) is 24.8 Å². The second-order valence-electron chi connectivity index (χ2n) is 8.98. The van der Waals surface area contributed by atoms with Crippen LogP contribution in [0.3, 0.4) is 0 Å². The zero-order chi connectivity index (χ0) is 19.1. The van der Waals surface area contributed by atoms with Crippen molar-refractivity contribution in [2.75, 3.05) is 0 Å². The van der Waals surface area contributed by atoms with Gasteiger partial charge in [-0.05, 0) is 61.1 Å². The highest BCUT2D eigenvalue weighted by atomic mass is 32.2. The zero-order valence-electron chi connectivity index (χ0n) is 16.7. The Morgan fingerprint density at radius 3 is 1.89 bits per heavy atom. The molecule has 3 aliphatic rings. The molecule has 2 aromatic carbocycles. The molecule has 0 atom stereocenters. The SMILES string of the molecule is O=S(=O)(c1ccc2c3c(cccc13)CC2)N(C1CCCCC1)C1CCCCC1. The quantitative estimate of drug-likeness (QED) is 0.674. The number of sulfonamides is 1. The largest absolute Gasteiger partial charge is 0.244 e. The Morgan fingerprint density at radius 2 is 1.29 bits per heavy atom. The zero-order valence-corrected chi connectivity index (χ0v) is 17.5. The highest BCUT2D eigenvalue weighted by Gasteiger charge is 2.39. The molecule has 0 bridgehead atoms. The maximum Gasteiger partial charge on any atom is 0.244 e. The van der Waals surface area contributed by atoms with Gasteiger partial charge in [0.2, 0.25) is 10.0 Å². The smallest absolute Gasteiger partial charge is 0.207 e. The monoisotopic (exact) mass is 397 g/mol. The van der Waals surface area contributed by atoms with E-state index in [4.69, 9.17) is 0 Å². The van der Waals surface area contributed by atoms with Gasteiger partial charge in [0.25, 0.3) is 0 Å². The highest BCUT2D eigenvalue weighted by Crippen LogP contribution is 2.39. The van der Waals surface area contributed by atoms with Crippen LogP contribution in [-0.2, 0) is 22.9 Å². The standard InChI is InChI=1S/C24H31NO2S/c26-28(27,23-17-16-19-15-14-18-8-7-13-22(23)24(18)19)25(20-9-3-1-4-10-20)21-11-5-2-6-12-21/h7-8,13,16-17,20-21H,1-6,9-12,14-15H2. The van der Waals surface area contributed by atoms with E-state index in [1.54, 1.807) is 0 Å². The summed E-state index contributed by atoms with van der Waals surface area (Å²) in [5.74, 6) is 0. The van der Waals surface area contributed by atoms with Crippen LogP contribution in [0.2, 0.25) is 0 Å². The molecule has 150 valence electrons. The first-order valence-corrected chi connectivity index (χ1v) is 12.7. The minimum absolute atomic E-state index is 0.185. The summed E-state index contributed by atoms with van der Waals surface area (Å²) in [6.07, 6.45) is 13.3. The molecule has 0 aromatic heterocycles. The van der Waals surface area contributed by atoms with Gasteiger partial charge in [-0.3, -0.25) is 0 Å². The van der Waals surface area contributed by atoms with E-state index in [0.717, 1.165) is 69.6 Å². The van der Waals surface area contributed by atoms with Gasteiger partial charge in [-0.1, -0.05) is 62.8 Å². The van der Waals surface area contributed by atoms with Crippen LogP contribution < -0.4 is 0 Å². The summed E-state index contributed by atoms with van der Waals surface area (Å²) in [6, 6.07) is 10.6. The average molecular weight is 398 g/mol. The molecule has 3 aliphatic carbocycles. The van der Waals surface area contributed by atoms with Crippen LogP contribution in [0.4, 0.5) is 0 Å². The van der Waals surface area contributed by atoms with Crippen molar-refractivity contribution in [3.8, 4) is 0 Å². The van der Waals surface area contributed by atoms with E-state index >= 15 is 0 Å². The lowest BCUT2D eigenvalue weighted by molar-refractivity contribution is 0.170. The molecule has 0 amide bonds. The molecule has 2 saturated carbocycles. The van der Waals surface area contributed by atoms with Crippen molar-refractivity contribution >= 4 is 20.8 Å². The maximum atomic E-state index is 14.1. The molecular formula is C24H31NO2S. The summed E-state index contributed by atoms with van der Waals surface area (Å²) >= 11 is 0. The fraction of sp³-hybridized carbons (Fsp3) is 0.583. The van der Waals surface area contributed by atoms with Gasteiger partial charge >= 0.3 is 0 Å². The maximum absolute atomic E-state index is 14.1. The third kappa shape index (κ3) is 3.09. The Balaban J connectivity index is 1.63. The first-order valence-electron chi connectivity index (χ1n) is 11.2. The normalized spacial score (nSPS) is 21.6. The van der Waals surface area contributed by atoms with Gasteiger partial charge < -0.3 is 0 Å². The molecule has 0 unspecified atom stereocenters. The summed E-state index contributed by atoms with van der Waals surface area (Å²) in [7, 11) is -3.50. The molecule has 0 radical (unpaired) electrons. The molecule has 0 saturated heterocycles. The summed E-state index contributed by atoms with van der Waals surface area (Å²) in [4.78, 5) is 0.547. The summed E-state index contributed by atoms with van der Waals surface area (Å²) in [5, 5.41) is 2.15. The van der Waals surface area contributed by atoms with Gasteiger partial charge in [-0.25, -0.2) is 8.42 Å². The topological polar surface area (TPSA) is 37.4 Å². The Labute approximate surface area is 169 Å². The fourth-order valence-corrected chi connectivity index (χ4v) is 8.04. The molecule has 0 spiro atoms. The lowest BCUT2D eigenvalue weighted by Crippen LogP contribution is -2.48. The Bertz CT molecular complexity index is 941. The van der Waals surface area contributed by atoms with Crippen LogP contribution in [0, 0.1) is 0 Å². The number of benzene rings is 2. The molecule has 2 aromatic rings. The molecule has 3 nitrogen and oxygen atoms in total. The van der Waals surface area contributed by atoms with E-state index in [0.29, 0.717) is 4.90 Å². The molecule has 28 heavy (non-hydrogen) atoms. The molecular weight excluding hydrogens is 366 g/mol. The number of aryl methyl sites for hydroxylation is 2. The van der Waals surface area contributed by atoms with E-state index < -0.39 is 10.0 Å². The van der Waals surface area contributed by atoms with Crippen molar-refractivity contribution in [3.63, 3.8) is 0 Å². The average Bonchev–Trinajstić information content (AvgIpc) is 3.15. The number of nitrogens with zero attached hydrogens (tertiary/aromatic N) is 1. The van der Waals surface area contributed by atoms with Crippen molar-refractivity contribution in [1.29, 1.82) is 0 Å². The second-order valence-corrected chi connectivity index (χ2v) is 10.8. The van der Waals surface area contributed by atoms with Gasteiger partial charge in [0.1, 0.15) is 0 Å². The second kappa shape index (κ2) is 7.46. The minimum Gasteiger partial charge on any atom is -0.207 e. The van der Waals surface area contributed by atoms with Crippen molar-refractivity contribution in [1.82, 2.24) is 4.31 Å². The summed E-state index contributed by atoms with van der Waals surface area (Å²) < 4.78 is 30.2. The van der Waals surface area contributed by atoms with E-state index in [-0.39, 0.29) is 12.1 Å². The van der Waals surface area contributed by atoms with Gasteiger partial charge in [-0.2, -0.15) is 4.31 Å². The Hall–Kier alpha value is -1.39. The molecule has 0 heterocycles. The van der Waals surface area contributed by atoms with Crippen LogP contribution in [0.25, 0.3) is 10.8 Å². The fourth-order valence-electron chi connectivity index (χ4n) is 5.92. The van der Waals surface area contributed by atoms with E-state index in [1.807, 2.05) is 22.5 Å². The van der Waals surface area contributed by atoms with E-state index in [2.05, 4.69) is 12.1 Å². The molecule has 5 rings (SSSR count). The van der Waals surface area contributed by atoms with Crippen LogP contribution >= 0.6 is 0 Å². The number of hydrogen-bond acceptors (Lipinski definition) is 2. The van der Waals surface area contributed by atoms with Crippen LogP contribution in [0.15, 0.2) is 35.2 Å². The van der Waals surface area contributed by atoms with Crippen molar-refractivity contribution in [3.05, 3.63) is 41.5 Å². The summed E-state index contributed by atoms with van der Waals surface area (Å²) in [6.45, 7) is 0. The van der Waals surface area contributed by atoms with Gasteiger partial charge in [0.15, 0.2) is 0 Å². The number of hydrogen-bond donors (Lipinski definition) is 0. The molecule has 2 fully saturated rings. The predicted octanol–water partition coefficient (Wildman–Crippen LogP) is 5.59. The Morgan fingerprint density at radius 1 is 0.714 bits per heavy atom. The van der Waals surface area contributed by atoms with Crippen molar-refractivity contribution < 1.29 is 8.42 Å². The van der Waals surface area contributed by atoms with Gasteiger partial charge in [0.05, 0.1) is 4.90 Å². The van der Waals surface area contributed by atoms with Crippen LogP contribution in [0.5, 0.6) is 0 Å². The van der Waals surface area contributed by atoms with Crippen molar-refractivity contribution in [2.45, 2.75) is 94.0 Å². The molecule has 4 heteroatoms. The predicted molar refractivity (Wildman–Crippen MR) is 114 cm³/mol. The first kappa shape index (κ1) is 18.6. The lowest BCUT2D eigenvalue weighted by atomic mass is 9.91. The van der Waals surface area contributed by atoms with Crippen molar-refractivity contribution in [2.24, 2.45) is 0 Å². The van der Waals surface area contributed by atoms with Crippen LogP contribution in [0.1, 0.15) is 75.3 Å². The minimum atomic E-state index is -3.50. The third-order valence-electron chi connectivity index (χ3n) is 7.26. The number of rotatable bonds is 4. The first-order chi connectivity index (χ1) is 13.7. The highest BCUT2D eigenvalue weighted by molar-refractivity contribution is 7.89. The lowest BCUT2D eigenvalue weighted by Gasteiger charge is -2.40. The molecule has 0 N–H and O–H groups in total. The van der Waals surface area contributed by atoms with E-state index in [1.165, 1.54) is 29.4 Å². The Kier molecular flexibility index (Phi) is 4.96. The summed E-state index contributed by atoms with van der Waals surface area (Å²) in [5.41, 5.74) is 2.62. The van der Waals surface area contributed by atoms with Gasteiger partial charge in [0, 0.05) is 17.5 Å².